The second-order valence-electron chi connectivity index (χ2n) is 7.02. The Kier molecular flexibility index (Phi) is 4.74. The van der Waals surface area contributed by atoms with E-state index in [9.17, 15) is 13.6 Å². The molecule has 2 amide bonds. The Balaban J connectivity index is 1.38. The fraction of sp³-hybridized carbons (Fsp3) is 0.300. The molecule has 0 aliphatic carbocycles. The highest BCUT2D eigenvalue weighted by Crippen LogP contribution is 2.32. The number of nitrogens with zero attached hydrogens (tertiary/aromatic N) is 5. The van der Waals surface area contributed by atoms with Gasteiger partial charge in [0.05, 0.1) is 6.04 Å². The summed E-state index contributed by atoms with van der Waals surface area (Å²) in [5, 5.41) is 14.3. The molecular weight excluding hydrogens is 364 g/mol. The zero-order valence-corrected chi connectivity index (χ0v) is 14.9. The number of aromatic nitrogens is 1. The Morgan fingerprint density at radius 2 is 1.96 bits per heavy atom. The average Bonchev–Trinajstić information content (AvgIpc) is 3.13. The van der Waals surface area contributed by atoms with Crippen LogP contribution in [0.5, 0.6) is 0 Å². The SMILES string of the molecule is N#Cc1cc(CC2CN(C(=O)N3N=CCC3c3cc(F)cc(F)c3)C2)ccn1. The van der Waals surface area contributed by atoms with E-state index in [0.29, 0.717) is 30.8 Å². The van der Waals surface area contributed by atoms with Gasteiger partial charge in [0.25, 0.3) is 0 Å². The van der Waals surface area contributed by atoms with Crippen LogP contribution < -0.4 is 0 Å². The van der Waals surface area contributed by atoms with E-state index in [0.717, 1.165) is 18.1 Å². The molecule has 2 aliphatic rings. The summed E-state index contributed by atoms with van der Waals surface area (Å²) in [6.45, 7) is 1.14. The normalized spacial score (nSPS) is 18.8. The lowest BCUT2D eigenvalue weighted by Gasteiger charge is -2.41. The average molecular weight is 381 g/mol. The van der Waals surface area contributed by atoms with Crippen molar-refractivity contribution in [1.29, 1.82) is 5.26 Å². The summed E-state index contributed by atoms with van der Waals surface area (Å²) in [5.74, 6) is -1.06. The third-order valence-electron chi connectivity index (χ3n) is 4.99. The molecule has 4 rings (SSSR count). The Labute approximate surface area is 160 Å². The first-order valence-corrected chi connectivity index (χ1v) is 8.95. The maximum atomic E-state index is 13.5. The topological polar surface area (TPSA) is 72.6 Å². The second kappa shape index (κ2) is 7.35. The van der Waals surface area contributed by atoms with Gasteiger partial charge in [0.2, 0.25) is 0 Å². The number of halogens is 2. The lowest BCUT2D eigenvalue weighted by molar-refractivity contribution is 0.0834. The van der Waals surface area contributed by atoms with E-state index in [1.807, 2.05) is 12.1 Å². The highest BCUT2D eigenvalue weighted by Gasteiger charge is 2.37. The highest BCUT2D eigenvalue weighted by molar-refractivity contribution is 5.79. The molecule has 3 heterocycles. The number of likely N-dealkylation sites (tertiary alicyclic amines) is 1. The minimum atomic E-state index is -0.674. The lowest BCUT2D eigenvalue weighted by Crippen LogP contribution is -2.54. The van der Waals surface area contributed by atoms with Gasteiger partial charge in [-0.05, 0) is 47.7 Å². The van der Waals surface area contributed by atoms with Crippen LogP contribution in [0, 0.1) is 28.9 Å². The van der Waals surface area contributed by atoms with Crippen LogP contribution in [-0.4, -0.2) is 40.2 Å². The van der Waals surface area contributed by atoms with Gasteiger partial charge in [-0.2, -0.15) is 10.4 Å². The number of carbonyl (C=O) groups is 1. The van der Waals surface area contributed by atoms with Crippen molar-refractivity contribution >= 4 is 12.2 Å². The minimum Gasteiger partial charge on any atom is -0.322 e. The zero-order chi connectivity index (χ0) is 19.7. The zero-order valence-electron chi connectivity index (χ0n) is 14.9. The number of pyridine rings is 1. The quantitative estimate of drug-likeness (QED) is 0.819. The van der Waals surface area contributed by atoms with Gasteiger partial charge >= 0.3 is 6.03 Å². The standard InChI is InChI=1S/C20H17F2N5O/c21-16-7-15(8-17(22)9-16)19-2-4-25-27(19)20(28)26-11-14(12-26)5-13-1-3-24-18(6-13)10-23/h1,3-4,6-9,14,19H,2,5,11-12H2. The molecule has 1 atom stereocenters. The summed E-state index contributed by atoms with van der Waals surface area (Å²) in [7, 11) is 0. The third-order valence-corrected chi connectivity index (χ3v) is 4.99. The summed E-state index contributed by atoms with van der Waals surface area (Å²) in [6.07, 6.45) is 4.36. The highest BCUT2D eigenvalue weighted by atomic mass is 19.1. The van der Waals surface area contributed by atoms with Crippen molar-refractivity contribution < 1.29 is 13.6 Å². The Bertz CT molecular complexity index is 961. The molecular formula is C20H17F2N5O. The molecule has 0 saturated carbocycles. The van der Waals surface area contributed by atoms with Crippen LogP contribution in [0.15, 0.2) is 41.6 Å². The number of carbonyl (C=O) groups excluding carboxylic acids is 1. The number of amides is 2. The van der Waals surface area contributed by atoms with Gasteiger partial charge in [-0.15, -0.1) is 0 Å². The van der Waals surface area contributed by atoms with Crippen LogP contribution in [0.3, 0.4) is 0 Å². The van der Waals surface area contributed by atoms with Crippen LogP contribution in [0.2, 0.25) is 0 Å². The fourth-order valence-electron chi connectivity index (χ4n) is 3.64. The first kappa shape index (κ1) is 18.0. The fourth-order valence-corrected chi connectivity index (χ4v) is 3.64. The molecule has 2 aromatic rings. The molecule has 0 spiro atoms. The summed E-state index contributed by atoms with van der Waals surface area (Å²) < 4.78 is 27.1. The van der Waals surface area contributed by atoms with E-state index in [-0.39, 0.29) is 11.9 Å². The van der Waals surface area contributed by atoms with Crippen molar-refractivity contribution in [1.82, 2.24) is 14.9 Å². The second-order valence-corrected chi connectivity index (χ2v) is 7.02. The van der Waals surface area contributed by atoms with E-state index >= 15 is 0 Å². The van der Waals surface area contributed by atoms with Crippen molar-refractivity contribution in [2.24, 2.45) is 11.0 Å². The summed E-state index contributed by atoms with van der Waals surface area (Å²) in [5.41, 5.74) is 1.78. The van der Waals surface area contributed by atoms with Gasteiger partial charge in [0, 0.05) is 38.0 Å². The molecule has 1 fully saturated rings. The summed E-state index contributed by atoms with van der Waals surface area (Å²) in [4.78, 5) is 18.4. The summed E-state index contributed by atoms with van der Waals surface area (Å²) >= 11 is 0. The lowest BCUT2D eigenvalue weighted by atomic mass is 9.92. The maximum Gasteiger partial charge on any atom is 0.341 e. The van der Waals surface area contributed by atoms with Gasteiger partial charge in [0.15, 0.2) is 0 Å². The van der Waals surface area contributed by atoms with Crippen molar-refractivity contribution in [3.8, 4) is 6.07 Å². The monoisotopic (exact) mass is 381 g/mol. The number of urea groups is 1. The Morgan fingerprint density at radius 1 is 1.21 bits per heavy atom. The first-order valence-electron chi connectivity index (χ1n) is 8.95. The maximum absolute atomic E-state index is 13.5. The van der Waals surface area contributed by atoms with Gasteiger partial charge < -0.3 is 4.90 Å². The van der Waals surface area contributed by atoms with E-state index in [1.54, 1.807) is 23.4 Å². The number of hydrogen-bond donors (Lipinski definition) is 0. The van der Waals surface area contributed by atoms with E-state index < -0.39 is 17.7 Å². The molecule has 1 unspecified atom stereocenters. The Morgan fingerprint density at radius 3 is 2.68 bits per heavy atom. The molecule has 142 valence electrons. The molecule has 1 aromatic heterocycles. The molecule has 6 nitrogen and oxygen atoms in total. The Hall–Kier alpha value is -3.34. The first-order chi connectivity index (χ1) is 13.5. The van der Waals surface area contributed by atoms with Crippen LogP contribution >= 0.6 is 0 Å². The van der Waals surface area contributed by atoms with Crippen LogP contribution in [0.1, 0.15) is 29.3 Å². The number of nitriles is 1. The molecule has 8 heteroatoms. The van der Waals surface area contributed by atoms with Crippen molar-refractivity contribution in [2.45, 2.75) is 18.9 Å². The van der Waals surface area contributed by atoms with E-state index in [4.69, 9.17) is 5.26 Å². The molecule has 0 radical (unpaired) electrons. The van der Waals surface area contributed by atoms with Crippen LogP contribution in [0.4, 0.5) is 13.6 Å². The van der Waals surface area contributed by atoms with Gasteiger partial charge in [-0.1, -0.05) is 0 Å². The van der Waals surface area contributed by atoms with Gasteiger partial charge in [-0.25, -0.2) is 23.6 Å². The predicted octanol–water partition coefficient (Wildman–Crippen LogP) is 3.26. The molecule has 2 aliphatic heterocycles. The number of hydrogen-bond acceptors (Lipinski definition) is 4. The minimum absolute atomic E-state index is 0.271. The molecule has 0 bridgehead atoms. The molecule has 1 saturated heterocycles. The van der Waals surface area contributed by atoms with Crippen molar-refractivity contribution in [2.75, 3.05) is 13.1 Å². The van der Waals surface area contributed by atoms with E-state index in [2.05, 4.69) is 10.1 Å². The summed E-state index contributed by atoms with van der Waals surface area (Å²) in [6, 6.07) is 8.14. The number of hydrazone groups is 1. The van der Waals surface area contributed by atoms with Crippen molar-refractivity contribution in [3.63, 3.8) is 0 Å². The molecule has 1 aromatic carbocycles. The smallest absolute Gasteiger partial charge is 0.322 e. The predicted molar refractivity (Wildman–Crippen MR) is 97.2 cm³/mol. The molecule has 28 heavy (non-hydrogen) atoms. The van der Waals surface area contributed by atoms with Crippen molar-refractivity contribution in [3.05, 3.63) is 65.0 Å². The third kappa shape index (κ3) is 3.56. The van der Waals surface area contributed by atoms with Gasteiger partial charge in [0.1, 0.15) is 23.4 Å². The van der Waals surface area contributed by atoms with Gasteiger partial charge in [-0.3, -0.25) is 0 Å². The van der Waals surface area contributed by atoms with E-state index in [1.165, 1.54) is 17.1 Å². The van der Waals surface area contributed by atoms with Crippen LogP contribution in [0.25, 0.3) is 0 Å². The number of rotatable bonds is 3. The molecule has 0 N–H and O–H groups in total. The largest absolute Gasteiger partial charge is 0.341 e. The van der Waals surface area contributed by atoms with Crippen LogP contribution in [-0.2, 0) is 6.42 Å². The number of benzene rings is 1.